The smallest absolute Gasteiger partial charge is 1.00 e. The first-order chi connectivity index (χ1) is 20.6. The van der Waals surface area contributed by atoms with Crippen LogP contribution >= 0.6 is 0 Å². The van der Waals surface area contributed by atoms with Crippen molar-refractivity contribution < 1.29 is 49.0 Å². The maximum absolute atomic E-state index is 3.65. The van der Waals surface area contributed by atoms with E-state index in [2.05, 4.69) is 153 Å². The zero-order chi connectivity index (χ0) is 32.1. The molecule has 0 fully saturated rings. The second kappa shape index (κ2) is 14.6. The van der Waals surface area contributed by atoms with Gasteiger partial charge in [0.1, 0.15) is 0 Å². The Morgan fingerprint density at radius 1 is 0.783 bits per heavy atom. The van der Waals surface area contributed by atoms with E-state index in [1.54, 1.807) is 0 Å². The first-order valence-corrected chi connectivity index (χ1v) is 17.6. The Morgan fingerprint density at radius 3 is 1.85 bits per heavy atom. The van der Waals surface area contributed by atoms with Crippen molar-refractivity contribution >= 4 is 14.9 Å². The summed E-state index contributed by atoms with van der Waals surface area (Å²) in [5, 5.41) is 0. The predicted molar refractivity (Wildman–Crippen MR) is 188 cm³/mol. The zero-order valence-electron chi connectivity index (χ0n) is 29.5. The van der Waals surface area contributed by atoms with Gasteiger partial charge in [-0.25, -0.2) is 11.1 Å². The first-order valence-electron chi connectivity index (χ1n) is 16.2. The molecular formula is C43H48Cl2Zr-2. The molecule has 0 nitrogen and oxygen atoms in total. The van der Waals surface area contributed by atoms with Crippen LogP contribution in [0.5, 0.6) is 0 Å². The molecule has 0 heterocycles. The Hall–Kier alpha value is -2.05. The minimum Gasteiger partial charge on any atom is -1.00 e. The number of halogens is 2. The summed E-state index contributed by atoms with van der Waals surface area (Å²) in [6.45, 7) is 24.6. The summed E-state index contributed by atoms with van der Waals surface area (Å²) < 4.78 is 2.19. The molecule has 0 spiro atoms. The molecule has 0 aliphatic heterocycles. The van der Waals surface area contributed by atoms with E-state index in [-0.39, 0.29) is 35.6 Å². The monoisotopic (exact) mass is 724 g/mol. The molecule has 0 aromatic heterocycles. The largest absolute Gasteiger partial charge is 1.00 e. The van der Waals surface area contributed by atoms with Gasteiger partial charge in [0.05, 0.1) is 0 Å². The molecule has 4 aliphatic carbocycles. The third kappa shape index (κ3) is 7.64. The van der Waals surface area contributed by atoms with Gasteiger partial charge in [0.15, 0.2) is 0 Å². The molecule has 46 heavy (non-hydrogen) atoms. The molecule has 3 heteroatoms. The fraction of sp³-hybridized carbons (Fsp3) is 0.372. The fourth-order valence-corrected chi connectivity index (χ4v) is 7.90. The molecule has 0 saturated carbocycles. The Labute approximate surface area is 306 Å². The Bertz CT molecular complexity index is 1670. The van der Waals surface area contributed by atoms with Gasteiger partial charge in [-0.1, -0.05) is 97.8 Å². The van der Waals surface area contributed by atoms with Gasteiger partial charge in [0.25, 0.3) is 0 Å². The van der Waals surface area contributed by atoms with Crippen molar-refractivity contribution in [3.05, 3.63) is 128 Å². The number of hydrogen-bond donors (Lipinski definition) is 0. The van der Waals surface area contributed by atoms with E-state index in [1.807, 2.05) is 0 Å². The van der Waals surface area contributed by atoms with E-state index < -0.39 is 0 Å². The number of rotatable bonds is 2. The van der Waals surface area contributed by atoms with Gasteiger partial charge in [-0.2, -0.15) is 17.2 Å². The molecule has 0 saturated heterocycles. The molecule has 0 amide bonds. The van der Waals surface area contributed by atoms with Crippen molar-refractivity contribution in [2.24, 2.45) is 11.8 Å². The minimum atomic E-state index is 0. The molecule has 0 radical (unpaired) electrons. The molecular weight excluding hydrogens is 679 g/mol. The van der Waals surface area contributed by atoms with Crippen LogP contribution in [0.15, 0.2) is 71.8 Å². The van der Waals surface area contributed by atoms with Gasteiger partial charge in [-0.15, -0.1) is 11.6 Å². The molecule has 0 N–H and O–H groups in total. The number of fused-ring (bicyclic) bond motifs is 5. The average Bonchev–Trinajstić information content (AvgIpc) is 3.62. The van der Waals surface area contributed by atoms with Crippen molar-refractivity contribution in [1.82, 2.24) is 0 Å². The quantitative estimate of drug-likeness (QED) is 0.252. The second-order valence-electron chi connectivity index (χ2n) is 14.6. The van der Waals surface area contributed by atoms with Crippen LogP contribution in [-0.2, 0) is 41.5 Å². The molecule has 240 valence electrons. The zero-order valence-corrected chi connectivity index (χ0v) is 33.4. The predicted octanol–water partition coefficient (Wildman–Crippen LogP) is 5.12. The van der Waals surface area contributed by atoms with Gasteiger partial charge in [-0.3, -0.25) is 12.2 Å². The third-order valence-corrected chi connectivity index (χ3v) is 10.4. The van der Waals surface area contributed by atoms with E-state index >= 15 is 0 Å². The van der Waals surface area contributed by atoms with Crippen LogP contribution in [-0.4, -0.2) is 3.71 Å². The first kappa shape index (κ1) is 38.4. The van der Waals surface area contributed by atoms with Crippen LogP contribution < -0.4 is 24.8 Å². The number of hydrogen-bond acceptors (Lipinski definition) is 0. The summed E-state index contributed by atoms with van der Waals surface area (Å²) in [6.07, 6.45) is 12.8. The summed E-state index contributed by atoms with van der Waals surface area (Å²) in [5.74, 6) is 1.20. The molecule has 0 bridgehead atoms. The van der Waals surface area contributed by atoms with E-state index in [4.69, 9.17) is 0 Å². The molecule has 3 aromatic carbocycles. The van der Waals surface area contributed by atoms with Crippen LogP contribution in [0.4, 0.5) is 0 Å². The Kier molecular flexibility index (Phi) is 12.2. The normalized spacial score (nSPS) is 18.4. The Morgan fingerprint density at radius 2 is 1.35 bits per heavy atom. The van der Waals surface area contributed by atoms with Gasteiger partial charge >= 0.3 is 70.3 Å². The van der Waals surface area contributed by atoms with Crippen molar-refractivity contribution in [2.45, 2.75) is 93.4 Å². The number of aryl methyl sites for hydroxylation is 1. The SMILES string of the molecule is CC1=[C-]C(C)(C)c2cc3c(cc21)-c1cc2c(cc1C3)C(C)(C)C=C2C.CC1=[C-]C(C)C=C1C(C)C.Cc1ccc([CH]=[Zr+2])cc1.[Cl-].[Cl-]. The molecule has 7 rings (SSSR count). The van der Waals surface area contributed by atoms with Gasteiger partial charge < -0.3 is 24.8 Å². The van der Waals surface area contributed by atoms with Crippen molar-refractivity contribution in [2.75, 3.05) is 0 Å². The molecule has 4 aliphatic rings. The van der Waals surface area contributed by atoms with Crippen molar-refractivity contribution in [1.29, 1.82) is 0 Å². The third-order valence-electron chi connectivity index (χ3n) is 9.60. The van der Waals surface area contributed by atoms with Crippen LogP contribution in [0, 0.1) is 30.9 Å². The summed E-state index contributed by atoms with van der Waals surface area (Å²) in [5.41, 5.74) is 20.0. The minimum absolute atomic E-state index is 0. The van der Waals surface area contributed by atoms with E-state index in [0.717, 1.165) is 6.42 Å². The summed E-state index contributed by atoms with van der Waals surface area (Å²) >= 11 is 1.47. The topological polar surface area (TPSA) is 0 Å². The van der Waals surface area contributed by atoms with Crippen LogP contribution in [0.1, 0.15) is 114 Å². The standard InChI is InChI=1S/C25H25.C10H15.C8H8.2ClH.Zr/c1-14-12-24(3,4)22-8-16-7-17-9-23-19(15(2)13-25(23,5)6)11-21(17)20(16)10-18(14)22;1-7(2)10-6-8(3)5-9(10)4;1-7-3-5-8(2)6-4-7;;;/h8-12H,7H2,1-6H3;6-8H,1-4H3;1,3-6H,2H3;2*1H;/q2*-1;;;;+2/p-2. The van der Waals surface area contributed by atoms with Crippen LogP contribution in [0.25, 0.3) is 22.3 Å². The van der Waals surface area contributed by atoms with Crippen molar-refractivity contribution in [3.63, 3.8) is 0 Å². The summed E-state index contributed by atoms with van der Waals surface area (Å²) in [6, 6.07) is 18.4. The van der Waals surface area contributed by atoms with Gasteiger partial charge in [-0.05, 0) is 58.4 Å². The summed E-state index contributed by atoms with van der Waals surface area (Å²) in [4.78, 5) is 0. The van der Waals surface area contributed by atoms with E-state index in [1.165, 1.54) is 102 Å². The average molecular weight is 727 g/mol. The number of allylic oxidation sites excluding steroid dienone is 8. The van der Waals surface area contributed by atoms with E-state index in [0.29, 0.717) is 11.8 Å². The molecule has 1 atom stereocenters. The van der Waals surface area contributed by atoms with E-state index in [9.17, 15) is 0 Å². The fourth-order valence-electron chi connectivity index (χ4n) is 7.42. The maximum Gasteiger partial charge on any atom is -1.00 e. The van der Waals surface area contributed by atoms with Crippen molar-refractivity contribution in [3.8, 4) is 11.1 Å². The molecule has 1 unspecified atom stereocenters. The molecule has 3 aromatic rings. The van der Waals surface area contributed by atoms with Crippen LogP contribution in [0.3, 0.4) is 0 Å². The maximum atomic E-state index is 3.65. The van der Waals surface area contributed by atoms with Gasteiger partial charge in [0, 0.05) is 5.41 Å². The Balaban J connectivity index is 0.000000228. The summed E-state index contributed by atoms with van der Waals surface area (Å²) in [7, 11) is 0. The van der Waals surface area contributed by atoms with Gasteiger partial charge in [0.2, 0.25) is 0 Å². The second-order valence-corrected chi connectivity index (χ2v) is 15.3. The number of benzene rings is 3. The van der Waals surface area contributed by atoms with Crippen LogP contribution in [0.2, 0.25) is 0 Å².